The lowest BCUT2D eigenvalue weighted by Gasteiger charge is -2.02. The van der Waals surface area contributed by atoms with Gasteiger partial charge < -0.3 is 4.74 Å². The molecule has 88 valence electrons. The number of esters is 1. The van der Waals surface area contributed by atoms with Gasteiger partial charge in [-0.2, -0.15) is 0 Å². The third kappa shape index (κ3) is 5.56. The van der Waals surface area contributed by atoms with Gasteiger partial charge in [0.2, 0.25) is 0 Å². The molecule has 1 rings (SSSR count). The average molecular weight is 303 g/mol. The summed E-state index contributed by atoms with van der Waals surface area (Å²) < 4.78 is 5.94. The number of halogens is 1. The molecule has 0 aliphatic carbocycles. The van der Waals surface area contributed by atoms with Crippen LogP contribution in [0.4, 0.5) is 0 Å². The summed E-state index contributed by atoms with van der Waals surface area (Å²) in [6.45, 7) is 2.30. The summed E-state index contributed by atoms with van der Waals surface area (Å²) in [5, 5.41) is 0. The largest absolute Gasteiger partial charge is 0.466 e. The van der Waals surface area contributed by atoms with Gasteiger partial charge >= 0.3 is 5.97 Å². The van der Waals surface area contributed by atoms with E-state index >= 15 is 0 Å². The smallest absolute Gasteiger partial charge is 0.305 e. The van der Waals surface area contributed by atoms with Gasteiger partial charge in [0.1, 0.15) is 0 Å². The molecule has 0 saturated heterocycles. The van der Waals surface area contributed by atoms with Crippen molar-refractivity contribution in [2.24, 2.45) is 0 Å². The van der Waals surface area contributed by atoms with E-state index in [1.807, 2.05) is 19.1 Å². The Morgan fingerprint density at radius 3 is 2.69 bits per heavy atom. The molecule has 0 aliphatic heterocycles. The monoisotopic (exact) mass is 302 g/mol. The quantitative estimate of drug-likeness (QED) is 0.453. The first-order valence-electron chi connectivity index (χ1n) is 5.26. The molecular weight excluding hydrogens is 288 g/mol. The van der Waals surface area contributed by atoms with Gasteiger partial charge in [0.25, 0.3) is 0 Å². The van der Waals surface area contributed by atoms with Crippen molar-refractivity contribution >= 4 is 33.7 Å². The van der Waals surface area contributed by atoms with E-state index < -0.39 is 0 Å². The number of carbonyl (C=O) groups excluding carboxylic acids is 1. The van der Waals surface area contributed by atoms with Crippen LogP contribution in [0.3, 0.4) is 0 Å². The van der Waals surface area contributed by atoms with Gasteiger partial charge in [-0.25, -0.2) is 0 Å². The first-order valence-corrected chi connectivity index (χ1v) is 7.04. The summed E-state index contributed by atoms with van der Waals surface area (Å²) in [7, 11) is 0. The van der Waals surface area contributed by atoms with Crippen molar-refractivity contribution in [3.05, 3.63) is 28.7 Å². The number of benzene rings is 1. The predicted molar refractivity (Wildman–Crippen MR) is 70.7 cm³/mol. The van der Waals surface area contributed by atoms with Crippen molar-refractivity contribution in [2.45, 2.75) is 24.7 Å². The molecule has 0 N–H and O–H groups in total. The van der Waals surface area contributed by atoms with E-state index in [9.17, 15) is 4.79 Å². The van der Waals surface area contributed by atoms with Crippen molar-refractivity contribution in [3.8, 4) is 0 Å². The molecule has 0 amide bonds. The summed E-state index contributed by atoms with van der Waals surface area (Å²) in [6, 6.07) is 8.18. The molecule has 2 nitrogen and oxygen atoms in total. The number of hydrogen-bond donors (Lipinski definition) is 0. The molecule has 0 spiro atoms. The summed E-state index contributed by atoms with van der Waals surface area (Å²) in [5.74, 6) is 0.847. The van der Waals surface area contributed by atoms with Crippen molar-refractivity contribution in [1.82, 2.24) is 0 Å². The molecule has 4 heteroatoms. The SMILES string of the molecule is CCOC(=O)CCCSc1ccc(Br)cc1. The van der Waals surface area contributed by atoms with Gasteiger partial charge in [0, 0.05) is 15.8 Å². The fourth-order valence-corrected chi connectivity index (χ4v) is 2.29. The first-order chi connectivity index (χ1) is 7.72. The third-order valence-electron chi connectivity index (χ3n) is 1.91. The Labute approximate surface area is 109 Å². The zero-order valence-electron chi connectivity index (χ0n) is 9.24. The Balaban J connectivity index is 2.16. The lowest BCUT2D eigenvalue weighted by Crippen LogP contribution is -2.03. The fraction of sp³-hybridized carbons (Fsp3) is 0.417. The van der Waals surface area contributed by atoms with E-state index in [0.29, 0.717) is 13.0 Å². The molecule has 0 aliphatic rings. The minimum Gasteiger partial charge on any atom is -0.466 e. The lowest BCUT2D eigenvalue weighted by atomic mass is 10.3. The highest BCUT2D eigenvalue weighted by Gasteiger charge is 2.01. The Kier molecular flexibility index (Phi) is 6.57. The second-order valence-corrected chi connectivity index (χ2v) is 5.29. The van der Waals surface area contributed by atoms with Crippen LogP contribution in [0.2, 0.25) is 0 Å². The van der Waals surface area contributed by atoms with Gasteiger partial charge in [0.15, 0.2) is 0 Å². The summed E-state index contributed by atoms with van der Waals surface area (Å²) in [4.78, 5) is 12.3. The molecule has 0 bridgehead atoms. The molecule has 1 aromatic carbocycles. The van der Waals surface area contributed by atoms with Crippen LogP contribution in [0.25, 0.3) is 0 Å². The van der Waals surface area contributed by atoms with E-state index in [1.54, 1.807) is 11.8 Å². The third-order valence-corrected chi connectivity index (χ3v) is 3.54. The lowest BCUT2D eigenvalue weighted by molar-refractivity contribution is -0.143. The maximum Gasteiger partial charge on any atom is 0.305 e. The maximum atomic E-state index is 11.1. The van der Waals surface area contributed by atoms with E-state index in [4.69, 9.17) is 4.74 Å². The Morgan fingerprint density at radius 2 is 2.06 bits per heavy atom. The number of thioether (sulfide) groups is 1. The Bertz CT molecular complexity index is 324. The van der Waals surface area contributed by atoms with Crippen LogP contribution in [-0.2, 0) is 9.53 Å². The first kappa shape index (κ1) is 13.6. The van der Waals surface area contributed by atoms with Crippen LogP contribution in [0, 0.1) is 0 Å². The second kappa shape index (κ2) is 7.74. The summed E-state index contributed by atoms with van der Waals surface area (Å²) in [6.07, 6.45) is 1.37. The molecule has 0 atom stereocenters. The minimum absolute atomic E-state index is 0.0982. The van der Waals surface area contributed by atoms with Crippen LogP contribution < -0.4 is 0 Å². The fourth-order valence-electron chi connectivity index (χ4n) is 1.17. The van der Waals surface area contributed by atoms with Crippen LogP contribution in [0.15, 0.2) is 33.6 Å². The molecule has 0 saturated carbocycles. The Morgan fingerprint density at radius 1 is 1.38 bits per heavy atom. The molecule has 1 aromatic rings. The molecule has 0 fully saturated rings. The Hall–Kier alpha value is -0.480. The van der Waals surface area contributed by atoms with Crippen molar-refractivity contribution in [3.63, 3.8) is 0 Å². The van der Waals surface area contributed by atoms with E-state index in [1.165, 1.54) is 4.90 Å². The van der Waals surface area contributed by atoms with Crippen molar-refractivity contribution < 1.29 is 9.53 Å². The molecule has 0 unspecified atom stereocenters. The van der Waals surface area contributed by atoms with Gasteiger partial charge in [0.05, 0.1) is 6.61 Å². The van der Waals surface area contributed by atoms with Gasteiger partial charge in [-0.15, -0.1) is 11.8 Å². The summed E-state index contributed by atoms with van der Waals surface area (Å²) >= 11 is 5.15. The van der Waals surface area contributed by atoms with Crippen molar-refractivity contribution in [1.29, 1.82) is 0 Å². The van der Waals surface area contributed by atoms with Crippen LogP contribution in [-0.4, -0.2) is 18.3 Å². The summed E-state index contributed by atoms with van der Waals surface area (Å²) in [5.41, 5.74) is 0. The number of rotatable bonds is 6. The topological polar surface area (TPSA) is 26.3 Å². The molecule has 0 heterocycles. The van der Waals surface area contributed by atoms with E-state index in [-0.39, 0.29) is 5.97 Å². The van der Waals surface area contributed by atoms with Gasteiger partial charge in [-0.05, 0) is 43.4 Å². The molecule has 0 radical (unpaired) electrons. The normalized spacial score (nSPS) is 10.1. The maximum absolute atomic E-state index is 11.1. The highest BCUT2D eigenvalue weighted by Crippen LogP contribution is 2.21. The predicted octanol–water partition coefficient (Wildman–Crippen LogP) is 3.88. The highest BCUT2D eigenvalue weighted by molar-refractivity contribution is 9.10. The zero-order valence-corrected chi connectivity index (χ0v) is 11.6. The van der Waals surface area contributed by atoms with Crippen molar-refractivity contribution in [2.75, 3.05) is 12.4 Å². The van der Waals surface area contributed by atoms with Crippen LogP contribution >= 0.6 is 27.7 Å². The van der Waals surface area contributed by atoms with Gasteiger partial charge in [-0.1, -0.05) is 15.9 Å². The minimum atomic E-state index is -0.0982. The van der Waals surface area contributed by atoms with E-state index in [0.717, 1.165) is 16.6 Å². The van der Waals surface area contributed by atoms with E-state index in [2.05, 4.69) is 28.1 Å². The zero-order chi connectivity index (χ0) is 11.8. The average Bonchev–Trinajstić information content (AvgIpc) is 2.27. The number of carbonyl (C=O) groups is 1. The number of ether oxygens (including phenoxy) is 1. The highest BCUT2D eigenvalue weighted by atomic mass is 79.9. The van der Waals surface area contributed by atoms with Gasteiger partial charge in [-0.3, -0.25) is 4.79 Å². The van der Waals surface area contributed by atoms with Crippen LogP contribution in [0.5, 0.6) is 0 Å². The molecule has 0 aromatic heterocycles. The molecule has 16 heavy (non-hydrogen) atoms. The number of hydrogen-bond acceptors (Lipinski definition) is 3. The molecular formula is C12H15BrO2S. The van der Waals surface area contributed by atoms with Crippen LogP contribution in [0.1, 0.15) is 19.8 Å². The second-order valence-electron chi connectivity index (χ2n) is 3.21. The standard InChI is InChI=1S/C12H15BrO2S/c1-2-15-12(14)4-3-9-16-11-7-5-10(13)6-8-11/h5-8H,2-4,9H2,1H3.